The first-order valence-corrected chi connectivity index (χ1v) is 13.0. The van der Waals surface area contributed by atoms with Crippen molar-refractivity contribution in [2.24, 2.45) is 10.1 Å². The molecular formula is C29H27FN4O2S. The predicted octanol–water partition coefficient (Wildman–Crippen LogP) is 5.93. The van der Waals surface area contributed by atoms with Gasteiger partial charge in [0.15, 0.2) is 5.17 Å². The Kier molecular flexibility index (Phi) is 6.93. The minimum absolute atomic E-state index is 0.0149. The van der Waals surface area contributed by atoms with Crippen molar-refractivity contribution in [2.75, 3.05) is 5.32 Å². The monoisotopic (exact) mass is 514 g/mol. The maximum atomic E-state index is 13.5. The smallest absolute Gasteiger partial charge is 0.262 e. The number of halogens is 1. The molecule has 37 heavy (non-hydrogen) atoms. The summed E-state index contributed by atoms with van der Waals surface area (Å²) in [7, 11) is 0. The number of amidine groups is 1. The number of hydrogen-bond donors (Lipinski definition) is 1. The van der Waals surface area contributed by atoms with Crippen molar-refractivity contribution < 1.29 is 14.0 Å². The van der Waals surface area contributed by atoms with Crippen LogP contribution >= 0.6 is 11.8 Å². The molecule has 0 saturated carbocycles. The molecule has 0 unspecified atom stereocenters. The van der Waals surface area contributed by atoms with E-state index in [1.54, 1.807) is 17.1 Å². The fraction of sp³-hybridized carbons (Fsp3) is 0.241. The molecule has 0 saturated heterocycles. The van der Waals surface area contributed by atoms with E-state index in [1.807, 2.05) is 63.2 Å². The highest BCUT2D eigenvalue weighted by Crippen LogP contribution is 2.38. The van der Waals surface area contributed by atoms with E-state index < -0.39 is 5.25 Å². The molecule has 2 atom stereocenters. The van der Waals surface area contributed by atoms with E-state index in [-0.39, 0.29) is 30.1 Å². The lowest BCUT2D eigenvalue weighted by Crippen LogP contribution is -2.25. The fourth-order valence-electron chi connectivity index (χ4n) is 4.36. The Labute approximate surface area is 219 Å². The number of aryl methyl sites for hydroxylation is 3. The molecule has 2 heterocycles. The summed E-state index contributed by atoms with van der Waals surface area (Å²) in [6.07, 6.45) is 0.599. The van der Waals surface area contributed by atoms with E-state index in [4.69, 9.17) is 5.10 Å². The first-order valence-electron chi connectivity index (χ1n) is 12.1. The number of rotatable bonds is 5. The topological polar surface area (TPSA) is 74.1 Å². The van der Waals surface area contributed by atoms with Crippen LogP contribution in [0.5, 0.6) is 0 Å². The summed E-state index contributed by atoms with van der Waals surface area (Å²) in [5.74, 6) is -0.890. The minimum Gasteiger partial charge on any atom is -0.326 e. The van der Waals surface area contributed by atoms with Crippen molar-refractivity contribution in [3.05, 3.63) is 100 Å². The molecule has 6 nitrogen and oxygen atoms in total. The largest absolute Gasteiger partial charge is 0.326 e. The number of anilines is 1. The molecule has 3 aromatic rings. The molecule has 2 aliphatic heterocycles. The van der Waals surface area contributed by atoms with Crippen LogP contribution in [0.15, 0.2) is 76.8 Å². The van der Waals surface area contributed by atoms with Gasteiger partial charge in [-0.15, -0.1) is 0 Å². The molecule has 8 heteroatoms. The second-order valence-corrected chi connectivity index (χ2v) is 10.6. The molecule has 0 aliphatic carbocycles. The lowest BCUT2D eigenvalue weighted by atomic mass is 9.98. The average Bonchev–Trinajstić information content (AvgIpc) is 3.46. The molecule has 0 radical (unpaired) electrons. The van der Waals surface area contributed by atoms with Gasteiger partial charge < -0.3 is 5.32 Å². The first kappa shape index (κ1) is 24.9. The van der Waals surface area contributed by atoms with Gasteiger partial charge >= 0.3 is 0 Å². The second-order valence-electron chi connectivity index (χ2n) is 9.42. The molecule has 5 rings (SSSR count). The number of benzene rings is 3. The lowest BCUT2D eigenvalue weighted by molar-refractivity contribution is -0.121. The van der Waals surface area contributed by atoms with Crippen molar-refractivity contribution in [3.8, 4) is 0 Å². The number of nitrogens with one attached hydrogen (secondary N) is 1. The van der Waals surface area contributed by atoms with Crippen molar-refractivity contribution >= 4 is 40.1 Å². The molecule has 0 spiro atoms. The SMILES string of the molecule is Cc1ccc([C@@H]2CC(c3ccc(F)cc3)=NN2C2=NC(=O)[C@@H](CC(=O)Nc3ccc(C)c(C)c3)S2)cc1. The molecule has 188 valence electrons. The number of carbonyl (C=O) groups is 2. The molecule has 0 bridgehead atoms. The van der Waals surface area contributed by atoms with Crippen molar-refractivity contribution in [1.29, 1.82) is 0 Å². The molecule has 2 amide bonds. The number of hydrogen-bond acceptors (Lipinski definition) is 5. The van der Waals surface area contributed by atoms with E-state index in [9.17, 15) is 14.0 Å². The van der Waals surface area contributed by atoms with Crippen LogP contribution in [0.1, 0.15) is 46.7 Å². The number of nitrogens with zero attached hydrogens (tertiary/aromatic N) is 3. The average molecular weight is 515 g/mol. The zero-order chi connectivity index (χ0) is 26.1. The number of thioether (sulfide) groups is 1. The quantitative estimate of drug-likeness (QED) is 0.458. The van der Waals surface area contributed by atoms with Crippen LogP contribution in [0.2, 0.25) is 0 Å². The minimum atomic E-state index is -0.620. The van der Waals surface area contributed by atoms with Gasteiger partial charge in [-0.1, -0.05) is 59.8 Å². The normalized spacial score (nSPS) is 19.1. The van der Waals surface area contributed by atoms with Crippen molar-refractivity contribution in [3.63, 3.8) is 0 Å². The van der Waals surface area contributed by atoms with Crippen molar-refractivity contribution in [2.45, 2.75) is 44.9 Å². The standard InChI is InChI=1S/C29H27FN4O2S/c1-17-4-7-21(8-5-17)25-15-24(20-9-11-22(30)12-10-20)33-34(25)29-32-28(36)26(37-29)16-27(35)31-23-13-6-18(2)19(3)14-23/h4-14,25-26H,15-16H2,1-3H3,(H,31,35)/t25-,26+/m0/s1. The van der Waals surface area contributed by atoms with Gasteiger partial charge in [-0.05, 0) is 67.3 Å². The van der Waals surface area contributed by atoms with E-state index in [2.05, 4.69) is 10.3 Å². The second kappa shape index (κ2) is 10.3. The highest BCUT2D eigenvalue weighted by Gasteiger charge is 2.39. The Hall–Kier alpha value is -3.78. The number of carbonyl (C=O) groups excluding carboxylic acids is 2. The van der Waals surface area contributed by atoms with Gasteiger partial charge in [-0.2, -0.15) is 10.1 Å². The third-order valence-electron chi connectivity index (χ3n) is 6.64. The highest BCUT2D eigenvalue weighted by atomic mass is 32.2. The highest BCUT2D eigenvalue weighted by molar-refractivity contribution is 8.15. The summed E-state index contributed by atoms with van der Waals surface area (Å²) < 4.78 is 13.5. The zero-order valence-corrected chi connectivity index (χ0v) is 21.7. The Morgan fingerprint density at radius 3 is 2.46 bits per heavy atom. The van der Waals surface area contributed by atoms with E-state index in [0.29, 0.717) is 17.3 Å². The summed E-state index contributed by atoms with van der Waals surface area (Å²) in [5.41, 5.74) is 6.73. The Morgan fingerprint density at radius 1 is 1.03 bits per heavy atom. The van der Waals surface area contributed by atoms with Crippen LogP contribution in [0.25, 0.3) is 0 Å². The molecule has 3 aromatic carbocycles. The number of aliphatic imine (C=N–C) groups is 1. The fourth-order valence-corrected chi connectivity index (χ4v) is 5.42. The summed E-state index contributed by atoms with van der Waals surface area (Å²) in [6.45, 7) is 6.03. The van der Waals surface area contributed by atoms with Crippen LogP contribution in [-0.4, -0.2) is 33.0 Å². The van der Waals surface area contributed by atoms with E-state index in [0.717, 1.165) is 33.5 Å². The van der Waals surface area contributed by atoms with Gasteiger partial charge in [0.2, 0.25) is 5.91 Å². The zero-order valence-electron chi connectivity index (χ0n) is 20.9. The molecule has 0 aromatic heterocycles. The van der Waals surface area contributed by atoms with Crippen LogP contribution in [0.4, 0.5) is 10.1 Å². The van der Waals surface area contributed by atoms with Gasteiger partial charge in [0, 0.05) is 18.5 Å². The van der Waals surface area contributed by atoms with Gasteiger partial charge in [0.1, 0.15) is 11.1 Å². The first-order chi connectivity index (χ1) is 17.8. The van der Waals surface area contributed by atoms with Gasteiger partial charge in [0.05, 0.1) is 11.8 Å². The van der Waals surface area contributed by atoms with Crippen LogP contribution in [0.3, 0.4) is 0 Å². The Morgan fingerprint density at radius 2 is 1.76 bits per heavy atom. The summed E-state index contributed by atoms with van der Waals surface area (Å²) in [6, 6.07) is 20.0. The third-order valence-corrected chi connectivity index (χ3v) is 7.78. The molecule has 0 fully saturated rings. The van der Waals surface area contributed by atoms with Gasteiger partial charge in [-0.25, -0.2) is 9.40 Å². The summed E-state index contributed by atoms with van der Waals surface area (Å²) in [4.78, 5) is 29.8. The summed E-state index contributed by atoms with van der Waals surface area (Å²) in [5, 5.41) is 9.31. The van der Waals surface area contributed by atoms with E-state index >= 15 is 0 Å². The van der Waals surface area contributed by atoms with Gasteiger partial charge in [0.25, 0.3) is 5.91 Å². The lowest BCUT2D eigenvalue weighted by Gasteiger charge is -2.23. The Bertz CT molecular complexity index is 1420. The van der Waals surface area contributed by atoms with Crippen LogP contribution in [0, 0.1) is 26.6 Å². The number of amides is 2. The predicted molar refractivity (Wildman–Crippen MR) is 146 cm³/mol. The Balaban J connectivity index is 1.34. The maximum Gasteiger partial charge on any atom is 0.262 e. The maximum absolute atomic E-state index is 13.5. The number of hydrazone groups is 1. The van der Waals surface area contributed by atoms with Crippen LogP contribution in [-0.2, 0) is 9.59 Å². The van der Waals surface area contributed by atoms with Gasteiger partial charge in [-0.3, -0.25) is 9.59 Å². The third kappa shape index (κ3) is 5.49. The van der Waals surface area contributed by atoms with Crippen LogP contribution < -0.4 is 5.32 Å². The summed E-state index contributed by atoms with van der Waals surface area (Å²) >= 11 is 1.26. The molecule has 2 aliphatic rings. The molecular weight excluding hydrogens is 487 g/mol. The van der Waals surface area contributed by atoms with Crippen molar-refractivity contribution in [1.82, 2.24) is 5.01 Å². The van der Waals surface area contributed by atoms with E-state index in [1.165, 1.54) is 23.9 Å². The molecule has 1 N–H and O–H groups in total.